The fourth-order valence-electron chi connectivity index (χ4n) is 6.10. The fraction of sp³-hybridized carbons (Fsp3) is 0.714. The molecule has 2 aromatic heterocycles. The molecule has 0 aliphatic carbocycles. The van der Waals surface area contributed by atoms with Gasteiger partial charge in [-0.1, -0.05) is 117 Å². The van der Waals surface area contributed by atoms with Crippen LogP contribution in [-0.4, -0.2) is 25.2 Å². The quantitative estimate of drug-likeness (QED) is 0.0456. The van der Waals surface area contributed by atoms with Crippen LogP contribution in [-0.2, 0) is 22.6 Å². The van der Waals surface area contributed by atoms with Crippen molar-refractivity contribution in [1.29, 1.82) is 0 Å². The average Bonchev–Trinajstić information content (AvgIpc) is 3.11. The maximum Gasteiger partial charge on any atom is 0.338 e. The molecule has 0 saturated heterocycles. The van der Waals surface area contributed by atoms with Crippen molar-refractivity contribution in [3.63, 3.8) is 0 Å². The zero-order valence-corrected chi connectivity index (χ0v) is 30.9. The molecule has 0 aliphatic heterocycles. The van der Waals surface area contributed by atoms with E-state index in [4.69, 9.17) is 9.47 Å². The highest BCUT2D eigenvalue weighted by Gasteiger charge is 2.11. The Balaban J connectivity index is 1.43. The molecule has 0 spiro atoms. The van der Waals surface area contributed by atoms with Crippen molar-refractivity contribution in [1.82, 2.24) is 0 Å². The van der Waals surface area contributed by atoms with E-state index < -0.39 is 0 Å². The predicted octanol–water partition coefficient (Wildman–Crippen LogP) is 10.7. The Morgan fingerprint density at radius 3 is 1.00 bits per heavy atom. The summed E-state index contributed by atoms with van der Waals surface area (Å²) < 4.78 is 15.3. The topological polar surface area (TPSA) is 60.4 Å². The van der Waals surface area contributed by atoms with Gasteiger partial charge in [-0.2, -0.15) is 0 Å². The molecule has 0 amide bonds. The van der Waals surface area contributed by atoms with Crippen molar-refractivity contribution in [3.05, 3.63) is 60.2 Å². The number of unbranched alkanes of at least 4 members (excludes halogenated alkanes) is 21. The molecule has 270 valence electrons. The van der Waals surface area contributed by atoms with E-state index in [9.17, 15) is 9.59 Å². The number of aryl methyl sites for hydroxylation is 2. The van der Waals surface area contributed by atoms with E-state index in [1.54, 1.807) is 0 Å². The summed E-state index contributed by atoms with van der Waals surface area (Å²) in [6.07, 6.45) is 38.1. The summed E-state index contributed by atoms with van der Waals surface area (Å²) in [5.74, 6) is -0.523. The second-order valence-electron chi connectivity index (χ2n) is 13.7. The van der Waals surface area contributed by atoms with Gasteiger partial charge in [0.25, 0.3) is 0 Å². The first-order valence-corrected chi connectivity index (χ1v) is 20.0. The van der Waals surface area contributed by atoms with Crippen LogP contribution in [0.25, 0.3) is 0 Å². The van der Waals surface area contributed by atoms with Gasteiger partial charge >= 0.3 is 11.9 Å². The number of nitrogens with zero attached hydrogens (tertiary/aromatic N) is 2. The summed E-state index contributed by atoms with van der Waals surface area (Å²) in [6, 6.07) is 7.44. The van der Waals surface area contributed by atoms with Crippen LogP contribution < -0.4 is 9.13 Å². The summed E-state index contributed by atoms with van der Waals surface area (Å²) in [5.41, 5.74) is 1.21. The summed E-state index contributed by atoms with van der Waals surface area (Å²) in [7, 11) is 0. The van der Waals surface area contributed by atoms with Gasteiger partial charge in [0.15, 0.2) is 24.8 Å². The molecule has 0 atom stereocenters. The lowest BCUT2D eigenvalue weighted by atomic mass is 10.1. The number of pyridine rings is 2. The minimum absolute atomic E-state index is 0.261. The molecule has 6 nitrogen and oxygen atoms in total. The Morgan fingerprint density at radius 2 is 0.688 bits per heavy atom. The first-order chi connectivity index (χ1) is 23.6. The largest absolute Gasteiger partial charge is 0.462 e. The second kappa shape index (κ2) is 29.2. The van der Waals surface area contributed by atoms with Crippen molar-refractivity contribution >= 4 is 11.9 Å². The van der Waals surface area contributed by atoms with Gasteiger partial charge in [0.05, 0.1) is 24.3 Å². The monoisotopic (exact) mass is 667 g/mol. The van der Waals surface area contributed by atoms with Crippen molar-refractivity contribution < 1.29 is 28.2 Å². The van der Waals surface area contributed by atoms with Crippen LogP contribution in [0.1, 0.15) is 189 Å². The molecule has 0 unspecified atom stereocenters. The molecule has 48 heavy (non-hydrogen) atoms. The normalized spacial score (nSPS) is 11.1. The van der Waals surface area contributed by atoms with Crippen LogP contribution in [0.5, 0.6) is 0 Å². The molecular weight excluding hydrogens is 596 g/mol. The van der Waals surface area contributed by atoms with Gasteiger partial charge in [0.1, 0.15) is 13.1 Å². The molecule has 2 rings (SSSR count). The lowest BCUT2D eigenvalue weighted by molar-refractivity contribution is -0.697. The van der Waals surface area contributed by atoms with Gasteiger partial charge in [0, 0.05) is 37.1 Å². The predicted molar refractivity (Wildman–Crippen MR) is 196 cm³/mol. The van der Waals surface area contributed by atoms with Gasteiger partial charge in [-0.05, 0) is 38.5 Å². The fourth-order valence-corrected chi connectivity index (χ4v) is 6.10. The summed E-state index contributed by atoms with van der Waals surface area (Å²) >= 11 is 0. The zero-order chi connectivity index (χ0) is 34.3. The van der Waals surface area contributed by atoms with Crippen LogP contribution in [0.4, 0.5) is 0 Å². The number of esters is 2. The van der Waals surface area contributed by atoms with Gasteiger partial charge in [-0.3, -0.25) is 0 Å². The lowest BCUT2D eigenvalue weighted by Crippen LogP contribution is -2.32. The number of aromatic nitrogens is 2. The number of carbonyl (C=O) groups excluding carboxylic acids is 2. The molecule has 0 radical (unpaired) electrons. The van der Waals surface area contributed by atoms with E-state index in [0.29, 0.717) is 24.3 Å². The Bertz CT molecular complexity index is 969. The third-order valence-electron chi connectivity index (χ3n) is 9.30. The maximum absolute atomic E-state index is 12.4. The molecule has 6 heteroatoms. The summed E-state index contributed by atoms with van der Waals surface area (Å²) in [4.78, 5) is 24.8. The molecule has 2 aromatic rings. The number of ether oxygens (including phenoxy) is 2. The highest BCUT2D eigenvalue weighted by Crippen LogP contribution is 2.12. The van der Waals surface area contributed by atoms with Crippen LogP contribution in [0, 0.1) is 0 Å². The Labute approximate surface area is 294 Å². The maximum atomic E-state index is 12.4. The van der Waals surface area contributed by atoms with Crippen LogP contribution in [0.15, 0.2) is 49.1 Å². The van der Waals surface area contributed by atoms with Gasteiger partial charge in [-0.15, -0.1) is 0 Å². The van der Waals surface area contributed by atoms with Crippen molar-refractivity contribution in [2.24, 2.45) is 0 Å². The Kier molecular flexibility index (Phi) is 25.2. The van der Waals surface area contributed by atoms with E-state index in [1.165, 1.54) is 128 Å². The number of rotatable bonds is 31. The van der Waals surface area contributed by atoms with Crippen LogP contribution in [0.3, 0.4) is 0 Å². The summed E-state index contributed by atoms with van der Waals surface area (Å²) in [5, 5.41) is 0. The van der Waals surface area contributed by atoms with Crippen molar-refractivity contribution in [2.45, 2.75) is 181 Å². The summed E-state index contributed by atoms with van der Waals surface area (Å²) in [6.45, 7) is 7.34. The molecule has 2 heterocycles. The molecule has 0 saturated carbocycles. The molecule has 0 N–H and O–H groups in total. The number of hydrogen-bond donors (Lipinski definition) is 0. The molecule has 0 fully saturated rings. The van der Waals surface area contributed by atoms with Crippen LogP contribution in [0.2, 0.25) is 0 Å². The Hall–Kier alpha value is -2.76. The average molecular weight is 667 g/mol. The van der Waals surface area contributed by atoms with E-state index >= 15 is 0 Å². The standard InChI is InChI=1S/C42H70N2O4/c1-3-5-7-9-11-13-15-17-19-23-31-43-33-27-39(28-34-43)41(45)47-37-25-21-22-26-38-48-42(46)40-29-35-44(36-30-40)32-24-20-18-16-14-12-10-8-6-4-2/h27-30,33-36H,3-26,31-32,37-38H2,1-2H3/q+2. The number of carbonyl (C=O) groups is 2. The third kappa shape index (κ3) is 21.3. The Morgan fingerprint density at radius 1 is 0.417 bits per heavy atom. The van der Waals surface area contributed by atoms with Crippen molar-refractivity contribution in [3.8, 4) is 0 Å². The smallest absolute Gasteiger partial charge is 0.338 e. The van der Waals surface area contributed by atoms with E-state index in [2.05, 4.69) is 23.0 Å². The SMILES string of the molecule is CCCCCCCCCCCC[n+]1ccc(C(=O)OCCCCCCOC(=O)c2cc[n+](CCCCCCCCCCCC)cc2)cc1. The highest BCUT2D eigenvalue weighted by molar-refractivity contribution is 5.89. The lowest BCUT2D eigenvalue weighted by Gasteiger charge is -2.06. The van der Waals surface area contributed by atoms with E-state index in [1.807, 2.05) is 49.1 Å². The highest BCUT2D eigenvalue weighted by atomic mass is 16.5. The van der Waals surface area contributed by atoms with Gasteiger partial charge < -0.3 is 9.47 Å². The first kappa shape index (κ1) is 41.4. The molecule has 0 aliphatic rings. The molecular formula is C42H70N2O4+2. The van der Waals surface area contributed by atoms with Crippen molar-refractivity contribution in [2.75, 3.05) is 13.2 Å². The molecule has 0 bridgehead atoms. The second-order valence-corrected chi connectivity index (χ2v) is 13.7. The minimum Gasteiger partial charge on any atom is -0.462 e. The first-order valence-electron chi connectivity index (χ1n) is 20.0. The zero-order valence-electron chi connectivity index (χ0n) is 30.9. The number of hydrogen-bond acceptors (Lipinski definition) is 4. The van der Waals surface area contributed by atoms with E-state index in [-0.39, 0.29) is 11.9 Å². The minimum atomic E-state index is -0.261. The van der Waals surface area contributed by atoms with Gasteiger partial charge in [-0.25, -0.2) is 18.7 Å². The third-order valence-corrected chi connectivity index (χ3v) is 9.30. The molecule has 0 aromatic carbocycles. The van der Waals surface area contributed by atoms with Crippen LogP contribution >= 0.6 is 0 Å². The van der Waals surface area contributed by atoms with Gasteiger partial charge in [0.2, 0.25) is 0 Å². The van der Waals surface area contributed by atoms with E-state index in [0.717, 1.165) is 38.8 Å².